The Morgan fingerprint density at radius 3 is 2.67 bits per heavy atom. The maximum absolute atomic E-state index is 11.6. The lowest BCUT2D eigenvalue weighted by atomic mass is 10.2. The Bertz CT molecular complexity index is 707. The van der Waals surface area contributed by atoms with Crippen LogP contribution in [0.4, 0.5) is 5.82 Å². The van der Waals surface area contributed by atoms with Gasteiger partial charge in [0.25, 0.3) is 0 Å². The molecule has 0 aliphatic heterocycles. The normalized spacial score (nSPS) is 11.6. The number of anilines is 1. The Kier molecular flexibility index (Phi) is 4.59. The molecule has 0 aliphatic carbocycles. The van der Waals surface area contributed by atoms with E-state index >= 15 is 0 Å². The fourth-order valence-corrected chi connectivity index (χ4v) is 2.65. The predicted octanol–water partition coefficient (Wildman–Crippen LogP) is 0.898. The van der Waals surface area contributed by atoms with Crippen LogP contribution in [0.1, 0.15) is 18.2 Å². The molecule has 0 amide bonds. The molecule has 8 heteroatoms. The van der Waals surface area contributed by atoms with Gasteiger partial charge in [-0.3, -0.25) is 4.68 Å². The van der Waals surface area contributed by atoms with E-state index < -0.39 is 10.0 Å². The van der Waals surface area contributed by atoms with Crippen molar-refractivity contribution in [3.8, 4) is 0 Å². The highest BCUT2D eigenvalue weighted by molar-refractivity contribution is 7.89. The maximum atomic E-state index is 11.6. The van der Waals surface area contributed by atoms with Crippen molar-refractivity contribution in [1.29, 1.82) is 0 Å². The standard InChI is InChI=1S/C13H19N5O2S/c1-4-12-10(9-18(3)17-12)7-15-13-6-5-11(8-16-13)21(19,20)14-2/h5-6,8-9,14H,4,7H2,1-3H3,(H,15,16). The zero-order chi connectivity index (χ0) is 15.5. The van der Waals surface area contributed by atoms with Crippen LogP contribution in [0.2, 0.25) is 0 Å². The van der Waals surface area contributed by atoms with Gasteiger partial charge in [0, 0.05) is 31.5 Å². The molecular formula is C13H19N5O2S. The zero-order valence-corrected chi connectivity index (χ0v) is 13.1. The molecule has 21 heavy (non-hydrogen) atoms. The van der Waals surface area contributed by atoms with E-state index in [4.69, 9.17) is 0 Å². The van der Waals surface area contributed by atoms with E-state index in [2.05, 4.69) is 27.0 Å². The Labute approximate surface area is 124 Å². The van der Waals surface area contributed by atoms with Gasteiger partial charge in [-0.1, -0.05) is 6.92 Å². The molecule has 0 aromatic carbocycles. The van der Waals surface area contributed by atoms with Crippen molar-refractivity contribution < 1.29 is 8.42 Å². The predicted molar refractivity (Wildman–Crippen MR) is 80.4 cm³/mol. The zero-order valence-electron chi connectivity index (χ0n) is 12.3. The first-order chi connectivity index (χ1) is 9.96. The first kappa shape index (κ1) is 15.5. The molecule has 0 aliphatic rings. The van der Waals surface area contributed by atoms with Crippen LogP contribution in [-0.2, 0) is 30.0 Å². The van der Waals surface area contributed by atoms with Gasteiger partial charge < -0.3 is 5.32 Å². The van der Waals surface area contributed by atoms with Gasteiger partial charge in [-0.05, 0) is 25.6 Å². The largest absolute Gasteiger partial charge is 0.366 e. The molecule has 2 heterocycles. The van der Waals surface area contributed by atoms with E-state index in [1.165, 1.54) is 19.3 Å². The number of pyridine rings is 1. The number of aryl methyl sites for hydroxylation is 2. The van der Waals surface area contributed by atoms with Gasteiger partial charge in [-0.15, -0.1) is 0 Å². The summed E-state index contributed by atoms with van der Waals surface area (Å²) in [5.41, 5.74) is 2.15. The van der Waals surface area contributed by atoms with Crippen molar-refractivity contribution in [1.82, 2.24) is 19.5 Å². The molecule has 0 spiro atoms. The average Bonchev–Trinajstić information content (AvgIpc) is 2.85. The van der Waals surface area contributed by atoms with Crippen molar-refractivity contribution in [2.24, 2.45) is 7.05 Å². The van der Waals surface area contributed by atoms with Crippen molar-refractivity contribution in [2.45, 2.75) is 24.8 Å². The summed E-state index contributed by atoms with van der Waals surface area (Å²) in [5, 5.41) is 7.53. The van der Waals surface area contributed by atoms with Gasteiger partial charge in [0.05, 0.1) is 5.69 Å². The van der Waals surface area contributed by atoms with E-state index in [1.807, 2.05) is 13.2 Å². The van der Waals surface area contributed by atoms with E-state index in [1.54, 1.807) is 10.7 Å². The molecule has 0 atom stereocenters. The first-order valence-electron chi connectivity index (χ1n) is 6.61. The van der Waals surface area contributed by atoms with Crippen LogP contribution in [0.3, 0.4) is 0 Å². The number of nitrogens with zero attached hydrogens (tertiary/aromatic N) is 3. The highest BCUT2D eigenvalue weighted by atomic mass is 32.2. The number of sulfonamides is 1. The lowest BCUT2D eigenvalue weighted by Crippen LogP contribution is -2.18. The smallest absolute Gasteiger partial charge is 0.241 e. The first-order valence-corrected chi connectivity index (χ1v) is 8.09. The van der Waals surface area contributed by atoms with Gasteiger partial charge in [-0.2, -0.15) is 5.10 Å². The molecule has 7 nitrogen and oxygen atoms in total. The number of hydrogen-bond acceptors (Lipinski definition) is 5. The van der Waals surface area contributed by atoms with E-state index in [9.17, 15) is 8.42 Å². The molecule has 2 aromatic heterocycles. The number of rotatable bonds is 6. The summed E-state index contributed by atoms with van der Waals surface area (Å²) >= 11 is 0. The molecule has 0 radical (unpaired) electrons. The second-order valence-corrected chi connectivity index (χ2v) is 6.46. The SMILES string of the molecule is CCc1nn(C)cc1CNc1ccc(S(=O)(=O)NC)cn1. The number of nitrogens with one attached hydrogen (secondary N) is 2. The fourth-order valence-electron chi connectivity index (χ4n) is 1.98. The Balaban J connectivity index is 2.07. The average molecular weight is 309 g/mol. The third-order valence-corrected chi connectivity index (χ3v) is 4.50. The lowest BCUT2D eigenvalue weighted by molar-refractivity contribution is 0.588. The maximum Gasteiger partial charge on any atom is 0.241 e. The van der Waals surface area contributed by atoms with Gasteiger partial charge in [0.2, 0.25) is 10.0 Å². The molecule has 2 aromatic rings. The second kappa shape index (κ2) is 6.23. The molecule has 0 saturated carbocycles. The Morgan fingerprint density at radius 1 is 1.33 bits per heavy atom. The third kappa shape index (κ3) is 3.59. The summed E-state index contributed by atoms with van der Waals surface area (Å²) in [6, 6.07) is 3.16. The van der Waals surface area contributed by atoms with E-state index in [0.717, 1.165) is 17.7 Å². The van der Waals surface area contributed by atoms with Crippen molar-refractivity contribution in [3.05, 3.63) is 35.8 Å². The minimum absolute atomic E-state index is 0.145. The molecule has 0 fully saturated rings. The number of aromatic nitrogens is 3. The molecule has 0 bridgehead atoms. The summed E-state index contributed by atoms with van der Waals surface area (Å²) in [6.07, 6.45) is 4.16. The minimum Gasteiger partial charge on any atom is -0.366 e. The van der Waals surface area contributed by atoms with Crippen LogP contribution in [0.25, 0.3) is 0 Å². The minimum atomic E-state index is -3.44. The van der Waals surface area contributed by atoms with Crippen LogP contribution >= 0.6 is 0 Å². The van der Waals surface area contributed by atoms with Crippen LogP contribution in [0, 0.1) is 0 Å². The van der Waals surface area contributed by atoms with E-state index in [-0.39, 0.29) is 4.90 Å². The molecular weight excluding hydrogens is 290 g/mol. The van der Waals surface area contributed by atoms with Gasteiger partial charge >= 0.3 is 0 Å². The summed E-state index contributed by atoms with van der Waals surface area (Å²) in [6.45, 7) is 2.66. The van der Waals surface area contributed by atoms with Crippen molar-refractivity contribution >= 4 is 15.8 Å². The molecule has 0 unspecified atom stereocenters. The molecule has 0 saturated heterocycles. The quantitative estimate of drug-likeness (QED) is 0.827. The van der Waals surface area contributed by atoms with Gasteiger partial charge in [0.1, 0.15) is 10.7 Å². The summed E-state index contributed by atoms with van der Waals surface area (Å²) in [5.74, 6) is 0.621. The summed E-state index contributed by atoms with van der Waals surface area (Å²) in [4.78, 5) is 4.26. The topological polar surface area (TPSA) is 88.9 Å². The second-order valence-electron chi connectivity index (χ2n) is 4.57. The third-order valence-electron chi connectivity index (χ3n) is 3.10. The van der Waals surface area contributed by atoms with Gasteiger partial charge in [-0.25, -0.2) is 18.1 Å². The van der Waals surface area contributed by atoms with Crippen LogP contribution < -0.4 is 10.0 Å². The monoisotopic (exact) mass is 309 g/mol. The van der Waals surface area contributed by atoms with Crippen LogP contribution in [0.5, 0.6) is 0 Å². The molecule has 2 N–H and O–H groups in total. The molecule has 114 valence electrons. The van der Waals surface area contributed by atoms with Gasteiger partial charge in [0.15, 0.2) is 0 Å². The molecule has 2 rings (SSSR count). The summed E-state index contributed by atoms with van der Waals surface area (Å²) < 4.78 is 27.2. The summed E-state index contributed by atoms with van der Waals surface area (Å²) in [7, 11) is -0.185. The van der Waals surface area contributed by atoms with Crippen molar-refractivity contribution in [2.75, 3.05) is 12.4 Å². The Hall–Kier alpha value is -1.93. The van der Waals surface area contributed by atoms with Crippen molar-refractivity contribution in [3.63, 3.8) is 0 Å². The Morgan fingerprint density at radius 2 is 2.10 bits per heavy atom. The highest BCUT2D eigenvalue weighted by Crippen LogP contribution is 2.13. The number of hydrogen-bond donors (Lipinski definition) is 2. The fraction of sp³-hybridized carbons (Fsp3) is 0.385. The van der Waals surface area contributed by atoms with Crippen LogP contribution in [0.15, 0.2) is 29.4 Å². The van der Waals surface area contributed by atoms with E-state index in [0.29, 0.717) is 12.4 Å². The lowest BCUT2D eigenvalue weighted by Gasteiger charge is -2.06. The van der Waals surface area contributed by atoms with Crippen LogP contribution in [-0.4, -0.2) is 30.2 Å². The highest BCUT2D eigenvalue weighted by Gasteiger charge is 2.11.